The van der Waals surface area contributed by atoms with E-state index in [0.29, 0.717) is 18.8 Å². The number of hydrogen-bond acceptors (Lipinski definition) is 4. The summed E-state index contributed by atoms with van der Waals surface area (Å²) in [7, 11) is 1.62. The second-order valence-corrected chi connectivity index (χ2v) is 3.21. The number of aromatic nitrogens is 1. The van der Waals surface area contributed by atoms with Crippen LogP contribution in [0.4, 0.5) is 5.69 Å². The van der Waals surface area contributed by atoms with Gasteiger partial charge >= 0.3 is 0 Å². The fourth-order valence-corrected chi connectivity index (χ4v) is 1.34. The molecule has 1 aromatic carbocycles. The summed E-state index contributed by atoms with van der Waals surface area (Å²) in [5.41, 5.74) is 7.41. The second-order valence-electron chi connectivity index (χ2n) is 3.21. The van der Waals surface area contributed by atoms with Crippen molar-refractivity contribution in [2.24, 2.45) is 0 Å². The first kappa shape index (κ1) is 12.9. The Morgan fingerprint density at radius 2 is 2.24 bits per heavy atom. The van der Waals surface area contributed by atoms with Crippen molar-refractivity contribution >= 4 is 23.1 Å². The third-order valence-electron chi connectivity index (χ3n) is 2.14. The Balaban J connectivity index is 0.000000249. The van der Waals surface area contributed by atoms with Crippen LogP contribution >= 0.6 is 0 Å². The van der Waals surface area contributed by atoms with E-state index in [1.165, 1.54) is 0 Å². The maximum atomic E-state index is 9.18. The van der Waals surface area contributed by atoms with Gasteiger partial charge in [0, 0.05) is 17.1 Å². The zero-order valence-electron chi connectivity index (χ0n) is 9.90. The molecule has 0 unspecified atom stereocenters. The lowest BCUT2D eigenvalue weighted by Gasteiger charge is -2.03. The molecule has 0 aliphatic carbocycles. The summed E-state index contributed by atoms with van der Waals surface area (Å²) in [6.45, 7) is 2.66. The van der Waals surface area contributed by atoms with Crippen LogP contribution in [-0.2, 0) is 9.53 Å². The Hall–Kier alpha value is -2.17. The van der Waals surface area contributed by atoms with Crippen molar-refractivity contribution in [2.45, 2.75) is 6.92 Å². The molecule has 92 valence electrons. The molecule has 17 heavy (non-hydrogen) atoms. The van der Waals surface area contributed by atoms with Crippen molar-refractivity contribution in [1.82, 2.24) is 4.98 Å². The lowest BCUT2D eigenvalue weighted by Crippen LogP contribution is -1.91. The van der Waals surface area contributed by atoms with Gasteiger partial charge in [-0.05, 0) is 25.1 Å². The minimum Gasteiger partial charge on any atom is -0.495 e. The number of hydrogen-bond donors (Lipinski definition) is 2. The Morgan fingerprint density at radius 3 is 2.76 bits per heavy atom. The van der Waals surface area contributed by atoms with Crippen molar-refractivity contribution in [3.8, 4) is 5.75 Å². The number of carbonyl (C=O) groups excluding carboxylic acids is 1. The summed E-state index contributed by atoms with van der Waals surface area (Å²) in [6.07, 6.45) is 1.88. The van der Waals surface area contributed by atoms with E-state index in [9.17, 15) is 4.79 Å². The fourth-order valence-electron chi connectivity index (χ4n) is 1.34. The summed E-state index contributed by atoms with van der Waals surface area (Å²) < 4.78 is 9.24. The molecule has 0 saturated carbocycles. The van der Waals surface area contributed by atoms with Crippen LogP contribution in [0.2, 0.25) is 0 Å². The quantitative estimate of drug-likeness (QED) is 0.630. The summed E-state index contributed by atoms with van der Waals surface area (Å²) in [5.74, 6) is 0.724. The van der Waals surface area contributed by atoms with Gasteiger partial charge in [-0.1, -0.05) is 0 Å². The molecule has 0 amide bonds. The molecule has 0 aliphatic rings. The molecule has 5 heteroatoms. The monoisotopic (exact) mass is 236 g/mol. The molecular weight excluding hydrogens is 220 g/mol. The number of anilines is 1. The van der Waals surface area contributed by atoms with E-state index in [0.717, 1.165) is 16.7 Å². The number of fused-ring (bicyclic) bond motifs is 1. The summed E-state index contributed by atoms with van der Waals surface area (Å²) >= 11 is 0. The van der Waals surface area contributed by atoms with E-state index in [-0.39, 0.29) is 0 Å². The third-order valence-corrected chi connectivity index (χ3v) is 2.14. The molecule has 0 radical (unpaired) electrons. The fraction of sp³-hybridized carbons (Fsp3) is 0.250. The summed E-state index contributed by atoms with van der Waals surface area (Å²) in [5, 5.41) is 1.11. The highest BCUT2D eigenvalue weighted by atomic mass is 16.5. The largest absolute Gasteiger partial charge is 0.495 e. The lowest BCUT2D eigenvalue weighted by molar-refractivity contribution is -0.128. The molecule has 1 heterocycles. The number of H-pyrrole nitrogens is 1. The van der Waals surface area contributed by atoms with Gasteiger partial charge in [0.05, 0.1) is 19.4 Å². The van der Waals surface area contributed by atoms with E-state index < -0.39 is 0 Å². The van der Waals surface area contributed by atoms with Gasteiger partial charge in [0.15, 0.2) is 0 Å². The number of ether oxygens (including phenoxy) is 2. The number of methoxy groups -OCH3 is 1. The highest BCUT2D eigenvalue weighted by Gasteiger charge is 2.01. The Morgan fingerprint density at radius 1 is 1.47 bits per heavy atom. The predicted octanol–water partition coefficient (Wildman–Crippen LogP) is 1.94. The number of carbonyl (C=O) groups is 1. The van der Waals surface area contributed by atoms with Crippen molar-refractivity contribution in [3.63, 3.8) is 0 Å². The van der Waals surface area contributed by atoms with Crippen LogP contribution in [0.15, 0.2) is 24.4 Å². The molecule has 2 rings (SSSR count). The maximum absolute atomic E-state index is 9.18. The van der Waals surface area contributed by atoms with E-state index in [1.54, 1.807) is 14.0 Å². The molecule has 3 N–H and O–H groups in total. The van der Waals surface area contributed by atoms with Crippen molar-refractivity contribution in [3.05, 3.63) is 24.4 Å². The van der Waals surface area contributed by atoms with Crippen LogP contribution in [0.5, 0.6) is 5.75 Å². The molecule has 1 aromatic heterocycles. The van der Waals surface area contributed by atoms with Gasteiger partial charge < -0.3 is 20.2 Å². The summed E-state index contributed by atoms with van der Waals surface area (Å²) in [6, 6.07) is 5.77. The first-order valence-electron chi connectivity index (χ1n) is 5.18. The van der Waals surface area contributed by atoms with Crippen molar-refractivity contribution in [2.75, 3.05) is 19.5 Å². The zero-order valence-corrected chi connectivity index (χ0v) is 9.90. The van der Waals surface area contributed by atoms with Crippen LogP contribution in [0.25, 0.3) is 10.9 Å². The van der Waals surface area contributed by atoms with Gasteiger partial charge in [0.1, 0.15) is 5.75 Å². The number of nitrogens with one attached hydrogen (secondary N) is 1. The van der Waals surface area contributed by atoms with Gasteiger partial charge in [-0.3, -0.25) is 4.79 Å². The molecule has 0 fully saturated rings. The average Bonchev–Trinajstić information content (AvgIpc) is 2.76. The van der Waals surface area contributed by atoms with Crippen LogP contribution < -0.4 is 10.5 Å². The molecule has 5 nitrogen and oxygen atoms in total. The smallest absolute Gasteiger partial charge is 0.293 e. The first-order chi connectivity index (χ1) is 8.22. The molecule has 0 bridgehead atoms. The Labute approximate surface area is 99.5 Å². The van der Waals surface area contributed by atoms with E-state index in [4.69, 9.17) is 10.5 Å². The van der Waals surface area contributed by atoms with E-state index in [1.807, 2.05) is 24.4 Å². The molecule has 2 aromatic rings. The second kappa shape index (κ2) is 6.42. The van der Waals surface area contributed by atoms with E-state index in [2.05, 4.69) is 9.72 Å². The summed E-state index contributed by atoms with van der Waals surface area (Å²) in [4.78, 5) is 12.3. The number of nitrogens with two attached hydrogens (primary N) is 1. The lowest BCUT2D eigenvalue weighted by atomic mass is 10.2. The van der Waals surface area contributed by atoms with Crippen molar-refractivity contribution in [1.29, 1.82) is 0 Å². The number of rotatable bonds is 3. The molecular formula is C12H16N2O3. The highest BCUT2D eigenvalue weighted by molar-refractivity contribution is 5.85. The zero-order chi connectivity index (χ0) is 12.7. The highest BCUT2D eigenvalue weighted by Crippen LogP contribution is 2.26. The van der Waals surface area contributed by atoms with E-state index >= 15 is 0 Å². The molecule has 0 spiro atoms. The van der Waals surface area contributed by atoms with Gasteiger partial charge in [0.25, 0.3) is 6.47 Å². The minimum atomic E-state index is 0.431. The molecule has 0 saturated heterocycles. The number of aromatic amines is 1. The number of nitrogen functional groups attached to an aromatic ring is 1. The van der Waals surface area contributed by atoms with Crippen LogP contribution in [0.1, 0.15) is 6.92 Å². The number of benzene rings is 1. The molecule has 0 atom stereocenters. The van der Waals surface area contributed by atoms with Crippen molar-refractivity contribution < 1.29 is 14.3 Å². The average molecular weight is 236 g/mol. The predicted molar refractivity (Wildman–Crippen MR) is 67.0 cm³/mol. The van der Waals surface area contributed by atoms with Gasteiger partial charge in [-0.25, -0.2) is 0 Å². The topological polar surface area (TPSA) is 77.3 Å². The minimum absolute atomic E-state index is 0.431. The van der Waals surface area contributed by atoms with Gasteiger partial charge in [0.2, 0.25) is 0 Å². The molecule has 0 aliphatic heterocycles. The van der Waals surface area contributed by atoms with Crippen LogP contribution in [0, 0.1) is 0 Å². The van der Waals surface area contributed by atoms with Gasteiger partial charge in [-0.2, -0.15) is 0 Å². The normalized spacial score (nSPS) is 9.29. The Bertz CT molecular complexity index is 480. The maximum Gasteiger partial charge on any atom is 0.293 e. The van der Waals surface area contributed by atoms with Crippen LogP contribution in [0.3, 0.4) is 0 Å². The Kier molecular flexibility index (Phi) is 4.87. The SMILES string of the molecule is CCOC=O.COc1cc2cc[nH]c2cc1N. The third kappa shape index (κ3) is 3.41. The standard InChI is InChI=1S/C9H10N2O.C3H6O2/c1-12-9-4-6-2-3-11-8(6)5-7(9)10;1-2-5-3-4/h2-5,11H,10H2,1H3;3H,2H2,1H3. The van der Waals surface area contributed by atoms with Crippen LogP contribution in [-0.4, -0.2) is 25.2 Å². The first-order valence-corrected chi connectivity index (χ1v) is 5.18. The van der Waals surface area contributed by atoms with Gasteiger partial charge in [-0.15, -0.1) is 0 Å².